The number of halogens is 2. The first kappa shape index (κ1) is 16.7. The van der Waals surface area contributed by atoms with Crippen LogP contribution in [0.1, 0.15) is 21.5 Å². The van der Waals surface area contributed by atoms with Gasteiger partial charge in [0, 0.05) is 18.7 Å². The third kappa shape index (κ3) is 3.97. The molecule has 2 rings (SSSR count). The number of hydrogen-bond acceptors (Lipinski definition) is 3. The number of carbonyl (C=O) groups excluding carboxylic acids is 1. The molecule has 1 N–H and O–H groups in total. The van der Waals surface area contributed by atoms with Crippen molar-refractivity contribution in [3.05, 3.63) is 58.7 Å². The molecule has 6 heteroatoms. The summed E-state index contributed by atoms with van der Waals surface area (Å²) in [5, 5.41) is 2.50. The van der Waals surface area contributed by atoms with Gasteiger partial charge >= 0.3 is 0 Å². The molecule has 0 heterocycles. The van der Waals surface area contributed by atoms with Crippen molar-refractivity contribution in [2.75, 3.05) is 14.2 Å². The zero-order valence-electron chi connectivity index (χ0n) is 13.1. The van der Waals surface area contributed by atoms with Gasteiger partial charge in [-0.05, 0) is 30.2 Å². The number of amides is 1. The number of rotatable bonds is 5. The van der Waals surface area contributed by atoms with E-state index in [-0.39, 0.29) is 12.3 Å². The van der Waals surface area contributed by atoms with Crippen LogP contribution in [0.15, 0.2) is 30.3 Å². The predicted molar refractivity (Wildman–Crippen MR) is 81.8 cm³/mol. The third-order valence-corrected chi connectivity index (χ3v) is 3.28. The summed E-state index contributed by atoms with van der Waals surface area (Å²) < 4.78 is 37.6. The molecular weight excluding hydrogens is 304 g/mol. The highest BCUT2D eigenvalue weighted by atomic mass is 19.1. The Morgan fingerprint density at radius 1 is 1.00 bits per heavy atom. The number of hydrogen-bond donors (Lipinski definition) is 1. The van der Waals surface area contributed by atoms with Crippen molar-refractivity contribution < 1.29 is 23.0 Å². The number of nitrogens with one attached hydrogen (secondary N) is 1. The van der Waals surface area contributed by atoms with Crippen LogP contribution in [0.5, 0.6) is 11.5 Å². The van der Waals surface area contributed by atoms with Crippen LogP contribution < -0.4 is 14.8 Å². The molecule has 4 nitrogen and oxygen atoms in total. The molecule has 0 fully saturated rings. The fourth-order valence-corrected chi connectivity index (χ4v) is 2.20. The number of ether oxygens (including phenoxy) is 2. The standard InChI is InChI=1S/C17H17F2NO3/c1-10-4-11(6-12(5-10)22-2)9-20-17(21)16-14(18)7-13(23-3)8-15(16)19/h4-8H,9H2,1-3H3,(H,20,21). The summed E-state index contributed by atoms with van der Waals surface area (Å²) in [6.07, 6.45) is 0. The first-order valence-corrected chi connectivity index (χ1v) is 6.90. The van der Waals surface area contributed by atoms with Crippen molar-refractivity contribution in [1.82, 2.24) is 5.32 Å². The molecule has 0 unspecified atom stereocenters. The molecule has 122 valence electrons. The lowest BCUT2D eigenvalue weighted by molar-refractivity contribution is 0.0942. The Bertz CT molecular complexity index is 709. The second-order valence-electron chi connectivity index (χ2n) is 5.01. The number of methoxy groups -OCH3 is 2. The monoisotopic (exact) mass is 321 g/mol. The highest BCUT2D eigenvalue weighted by molar-refractivity contribution is 5.94. The lowest BCUT2D eigenvalue weighted by atomic mass is 10.1. The first-order chi connectivity index (χ1) is 10.9. The summed E-state index contributed by atoms with van der Waals surface area (Å²) in [7, 11) is 2.83. The zero-order valence-corrected chi connectivity index (χ0v) is 13.1. The highest BCUT2D eigenvalue weighted by Gasteiger charge is 2.19. The van der Waals surface area contributed by atoms with Gasteiger partial charge in [-0.3, -0.25) is 4.79 Å². The summed E-state index contributed by atoms with van der Waals surface area (Å²) >= 11 is 0. The van der Waals surface area contributed by atoms with E-state index in [2.05, 4.69) is 5.32 Å². The highest BCUT2D eigenvalue weighted by Crippen LogP contribution is 2.21. The van der Waals surface area contributed by atoms with E-state index in [0.717, 1.165) is 23.3 Å². The second kappa shape index (κ2) is 7.09. The van der Waals surface area contributed by atoms with E-state index in [1.165, 1.54) is 7.11 Å². The Morgan fingerprint density at radius 3 is 2.13 bits per heavy atom. The van der Waals surface area contributed by atoms with E-state index >= 15 is 0 Å². The summed E-state index contributed by atoms with van der Waals surface area (Å²) in [4.78, 5) is 12.0. The summed E-state index contributed by atoms with van der Waals surface area (Å²) in [5.74, 6) is -2.11. The Morgan fingerprint density at radius 2 is 1.57 bits per heavy atom. The van der Waals surface area contributed by atoms with Gasteiger partial charge in [0.2, 0.25) is 0 Å². The summed E-state index contributed by atoms with van der Waals surface area (Å²) in [5.41, 5.74) is 1.09. The van der Waals surface area contributed by atoms with Gasteiger partial charge in [0.05, 0.1) is 14.2 Å². The number of aryl methyl sites for hydroxylation is 1. The smallest absolute Gasteiger partial charge is 0.257 e. The van der Waals surface area contributed by atoms with Crippen LogP contribution in [0.2, 0.25) is 0 Å². The predicted octanol–water partition coefficient (Wildman–Crippen LogP) is 3.22. The Balaban J connectivity index is 2.16. The Kier molecular flexibility index (Phi) is 5.16. The van der Waals surface area contributed by atoms with Gasteiger partial charge in [-0.1, -0.05) is 6.07 Å². The fraction of sp³-hybridized carbons (Fsp3) is 0.235. The minimum atomic E-state index is -0.971. The van der Waals surface area contributed by atoms with Crippen LogP contribution in [0.3, 0.4) is 0 Å². The lowest BCUT2D eigenvalue weighted by Crippen LogP contribution is -2.25. The number of benzene rings is 2. The van der Waals surface area contributed by atoms with E-state index in [9.17, 15) is 13.6 Å². The van der Waals surface area contributed by atoms with E-state index in [1.54, 1.807) is 13.2 Å². The lowest BCUT2D eigenvalue weighted by Gasteiger charge is -2.10. The maximum absolute atomic E-state index is 13.9. The topological polar surface area (TPSA) is 47.6 Å². The molecule has 0 atom stereocenters. The van der Waals surface area contributed by atoms with Crippen molar-refractivity contribution in [1.29, 1.82) is 0 Å². The molecular formula is C17H17F2NO3. The molecule has 23 heavy (non-hydrogen) atoms. The molecule has 2 aromatic rings. The SMILES string of the molecule is COc1cc(C)cc(CNC(=O)c2c(F)cc(OC)cc2F)c1. The molecule has 0 aliphatic carbocycles. The van der Waals surface area contributed by atoms with Crippen molar-refractivity contribution >= 4 is 5.91 Å². The average molecular weight is 321 g/mol. The molecule has 0 aliphatic heterocycles. The van der Waals surface area contributed by atoms with Crippen LogP contribution in [-0.2, 0) is 6.54 Å². The van der Waals surface area contributed by atoms with Gasteiger partial charge in [-0.2, -0.15) is 0 Å². The maximum Gasteiger partial charge on any atom is 0.257 e. The van der Waals surface area contributed by atoms with E-state index in [0.29, 0.717) is 5.75 Å². The van der Waals surface area contributed by atoms with Crippen molar-refractivity contribution in [2.45, 2.75) is 13.5 Å². The normalized spacial score (nSPS) is 10.3. The minimum Gasteiger partial charge on any atom is -0.497 e. The first-order valence-electron chi connectivity index (χ1n) is 6.90. The zero-order chi connectivity index (χ0) is 17.0. The van der Waals surface area contributed by atoms with Crippen LogP contribution in [0, 0.1) is 18.6 Å². The fourth-order valence-electron chi connectivity index (χ4n) is 2.20. The van der Waals surface area contributed by atoms with Crippen LogP contribution in [0.25, 0.3) is 0 Å². The average Bonchev–Trinajstić information content (AvgIpc) is 2.51. The van der Waals surface area contributed by atoms with Gasteiger partial charge in [-0.25, -0.2) is 8.78 Å². The van der Waals surface area contributed by atoms with Gasteiger partial charge < -0.3 is 14.8 Å². The second-order valence-corrected chi connectivity index (χ2v) is 5.01. The van der Waals surface area contributed by atoms with E-state index in [4.69, 9.17) is 9.47 Å². The van der Waals surface area contributed by atoms with Crippen LogP contribution in [-0.4, -0.2) is 20.1 Å². The molecule has 1 amide bonds. The molecule has 0 aliphatic rings. The molecule has 2 aromatic carbocycles. The van der Waals surface area contributed by atoms with Crippen molar-refractivity contribution in [3.8, 4) is 11.5 Å². The van der Waals surface area contributed by atoms with Crippen LogP contribution >= 0.6 is 0 Å². The van der Waals surface area contributed by atoms with Gasteiger partial charge in [0.15, 0.2) is 0 Å². The molecule has 0 spiro atoms. The van der Waals surface area contributed by atoms with Crippen molar-refractivity contribution in [3.63, 3.8) is 0 Å². The molecule has 0 aromatic heterocycles. The molecule has 0 saturated heterocycles. The van der Waals surface area contributed by atoms with E-state index < -0.39 is 23.1 Å². The third-order valence-electron chi connectivity index (χ3n) is 3.28. The quantitative estimate of drug-likeness (QED) is 0.920. The van der Waals surface area contributed by atoms with Gasteiger partial charge in [0.25, 0.3) is 5.91 Å². The van der Waals surface area contributed by atoms with Crippen LogP contribution in [0.4, 0.5) is 8.78 Å². The molecule has 0 saturated carbocycles. The minimum absolute atomic E-state index is 0.0139. The summed E-state index contributed by atoms with van der Waals surface area (Å²) in [6, 6.07) is 7.37. The van der Waals surface area contributed by atoms with Gasteiger partial charge in [-0.15, -0.1) is 0 Å². The summed E-state index contributed by atoms with van der Waals surface area (Å²) in [6.45, 7) is 2.01. The maximum atomic E-state index is 13.9. The molecule has 0 bridgehead atoms. The largest absolute Gasteiger partial charge is 0.497 e. The van der Waals surface area contributed by atoms with Gasteiger partial charge in [0.1, 0.15) is 28.7 Å². The van der Waals surface area contributed by atoms with E-state index in [1.807, 2.05) is 19.1 Å². The Hall–Kier alpha value is -2.63. The Labute approximate surface area is 133 Å². The van der Waals surface area contributed by atoms with Crippen molar-refractivity contribution in [2.24, 2.45) is 0 Å². The number of carbonyl (C=O) groups is 1. The molecule has 0 radical (unpaired) electrons.